The van der Waals surface area contributed by atoms with Crippen molar-refractivity contribution in [3.05, 3.63) is 41.6 Å². The molecule has 0 atom stereocenters. The van der Waals surface area contributed by atoms with Gasteiger partial charge in [-0.1, -0.05) is 27.7 Å². The molecule has 0 N–H and O–H groups in total. The first-order chi connectivity index (χ1) is 15.2. The summed E-state index contributed by atoms with van der Waals surface area (Å²) in [5, 5.41) is 5.63. The summed E-state index contributed by atoms with van der Waals surface area (Å²) < 4.78 is 15.2. The lowest BCUT2D eigenvalue weighted by atomic mass is 9.94. The second kappa shape index (κ2) is 8.48. The Labute approximate surface area is 188 Å². The van der Waals surface area contributed by atoms with Crippen molar-refractivity contribution in [1.29, 1.82) is 0 Å². The summed E-state index contributed by atoms with van der Waals surface area (Å²) in [4.78, 5) is 26.6. The molecule has 1 amide bonds. The SMILES string of the molecule is CCCc1nc(N2CCN(C(=O)C(C)(C)C)CC2)c2c(C)nn(-c3ccc(F)cc3)c2n1. The van der Waals surface area contributed by atoms with Gasteiger partial charge in [-0.2, -0.15) is 5.10 Å². The molecule has 0 aliphatic carbocycles. The molecule has 3 aromatic rings. The zero-order valence-corrected chi connectivity index (χ0v) is 19.5. The van der Waals surface area contributed by atoms with Crippen molar-refractivity contribution in [2.24, 2.45) is 5.41 Å². The molecular weight excluding hydrogens is 407 g/mol. The maximum Gasteiger partial charge on any atom is 0.228 e. The molecule has 0 radical (unpaired) electrons. The topological polar surface area (TPSA) is 67.2 Å². The van der Waals surface area contributed by atoms with E-state index in [1.54, 1.807) is 16.8 Å². The summed E-state index contributed by atoms with van der Waals surface area (Å²) in [5.41, 5.74) is 1.94. The fraction of sp³-hybridized carbons (Fsp3) is 0.500. The van der Waals surface area contributed by atoms with E-state index in [0.717, 1.165) is 46.9 Å². The van der Waals surface area contributed by atoms with Gasteiger partial charge in [0.25, 0.3) is 0 Å². The highest BCUT2D eigenvalue weighted by molar-refractivity contribution is 5.91. The van der Waals surface area contributed by atoms with Crippen LogP contribution in [0.15, 0.2) is 24.3 Å². The van der Waals surface area contributed by atoms with E-state index in [-0.39, 0.29) is 17.1 Å². The first kappa shape index (κ1) is 22.2. The van der Waals surface area contributed by atoms with E-state index in [2.05, 4.69) is 11.8 Å². The number of carbonyl (C=O) groups is 1. The Balaban J connectivity index is 1.73. The van der Waals surface area contributed by atoms with Crippen LogP contribution in [-0.2, 0) is 11.2 Å². The number of benzene rings is 1. The van der Waals surface area contributed by atoms with Gasteiger partial charge < -0.3 is 9.80 Å². The zero-order valence-electron chi connectivity index (χ0n) is 19.5. The Morgan fingerprint density at radius 2 is 1.72 bits per heavy atom. The van der Waals surface area contributed by atoms with Crippen molar-refractivity contribution in [3.63, 3.8) is 0 Å². The van der Waals surface area contributed by atoms with Gasteiger partial charge in [0.05, 0.1) is 16.8 Å². The number of piperazine rings is 1. The quantitative estimate of drug-likeness (QED) is 0.618. The molecule has 1 aliphatic heterocycles. The Kier molecular flexibility index (Phi) is 5.88. The first-order valence-corrected chi connectivity index (χ1v) is 11.3. The van der Waals surface area contributed by atoms with Crippen LogP contribution in [0.4, 0.5) is 10.2 Å². The molecular formula is C24H31FN6O. The Morgan fingerprint density at radius 1 is 1.06 bits per heavy atom. The number of fused-ring (bicyclic) bond motifs is 1. The van der Waals surface area contributed by atoms with E-state index < -0.39 is 0 Å². The van der Waals surface area contributed by atoms with Gasteiger partial charge in [0, 0.05) is 38.0 Å². The predicted octanol–water partition coefficient (Wildman–Crippen LogP) is 3.91. The minimum Gasteiger partial charge on any atom is -0.352 e. The molecule has 2 aromatic heterocycles. The monoisotopic (exact) mass is 438 g/mol. The van der Waals surface area contributed by atoms with E-state index >= 15 is 0 Å². The second-order valence-electron chi connectivity index (χ2n) is 9.41. The number of aromatic nitrogens is 4. The lowest BCUT2D eigenvalue weighted by Gasteiger charge is -2.38. The molecule has 0 unspecified atom stereocenters. The maximum atomic E-state index is 13.5. The molecule has 3 heterocycles. The minimum absolute atomic E-state index is 0.178. The van der Waals surface area contributed by atoms with Gasteiger partial charge in [-0.05, 0) is 37.6 Å². The molecule has 0 spiro atoms. The van der Waals surface area contributed by atoms with Crippen LogP contribution < -0.4 is 4.90 Å². The first-order valence-electron chi connectivity index (χ1n) is 11.3. The third-order valence-electron chi connectivity index (χ3n) is 5.78. The van der Waals surface area contributed by atoms with Crippen LogP contribution in [0.2, 0.25) is 0 Å². The summed E-state index contributed by atoms with van der Waals surface area (Å²) in [6.07, 6.45) is 1.70. The van der Waals surface area contributed by atoms with Crippen molar-refractivity contribution in [3.8, 4) is 5.69 Å². The number of anilines is 1. The molecule has 4 rings (SSSR count). The van der Waals surface area contributed by atoms with Crippen LogP contribution in [0.25, 0.3) is 16.7 Å². The third-order valence-corrected chi connectivity index (χ3v) is 5.78. The van der Waals surface area contributed by atoms with E-state index in [0.29, 0.717) is 26.2 Å². The number of halogens is 1. The van der Waals surface area contributed by atoms with Crippen molar-refractivity contribution in [1.82, 2.24) is 24.6 Å². The average Bonchev–Trinajstić information content (AvgIpc) is 3.09. The lowest BCUT2D eigenvalue weighted by Crippen LogP contribution is -2.52. The van der Waals surface area contributed by atoms with E-state index in [9.17, 15) is 9.18 Å². The largest absolute Gasteiger partial charge is 0.352 e. The highest BCUT2D eigenvalue weighted by atomic mass is 19.1. The summed E-state index contributed by atoms with van der Waals surface area (Å²) in [6.45, 7) is 12.7. The molecule has 1 fully saturated rings. The van der Waals surface area contributed by atoms with Crippen molar-refractivity contribution >= 4 is 22.8 Å². The van der Waals surface area contributed by atoms with Crippen LogP contribution >= 0.6 is 0 Å². The summed E-state index contributed by atoms with van der Waals surface area (Å²) in [5.74, 6) is 1.53. The standard InChI is InChI=1S/C24H31FN6O/c1-6-7-19-26-21(29-12-14-30(15-13-29)23(32)24(3,4)5)20-16(2)28-31(22(20)27-19)18-10-8-17(25)9-11-18/h8-11H,6-7,12-15H2,1-5H3. The molecule has 0 saturated carbocycles. The summed E-state index contributed by atoms with van der Waals surface area (Å²) in [7, 11) is 0. The van der Waals surface area contributed by atoms with Crippen molar-refractivity contribution in [2.45, 2.75) is 47.5 Å². The molecule has 1 saturated heterocycles. The van der Waals surface area contributed by atoms with Crippen LogP contribution in [-0.4, -0.2) is 56.7 Å². The highest BCUT2D eigenvalue weighted by Crippen LogP contribution is 2.30. The number of hydrogen-bond acceptors (Lipinski definition) is 5. The zero-order chi connectivity index (χ0) is 23.0. The fourth-order valence-corrected chi connectivity index (χ4v) is 4.13. The van der Waals surface area contributed by atoms with Gasteiger partial charge in [0.1, 0.15) is 17.5 Å². The number of amides is 1. The smallest absolute Gasteiger partial charge is 0.228 e. The van der Waals surface area contributed by atoms with Gasteiger partial charge in [-0.15, -0.1) is 0 Å². The molecule has 1 aromatic carbocycles. The Morgan fingerprint density at radius 3 is 2.31 bits per heavy atom. The van der Waals surface area contributed by atoms with Gasteiger partial charge in [-0.25, -0.2) is 19.0 Å². The van der Waals surface area contributed by atoms with E-state index in [4.69, 9.17) is 15.1 Å². The van der Waals surface area contributed by atoms with Crippen LogP contribution in [0.3, 0.4) is 0 Å². The van der Waals surface area contributed by atoms with Gasteiger partial charge in [-0.3, -0.25) is 4.79 Å². The molecule has 7 nitrogen and oxygen atoms in total. The Bertz CT molecular complexity index is 1120. The van der Waals surface area contributed by atoms with Crippen LogP contribution in [0.5, 0.6) is 0 Å². The second-order valence-corrected chi connectivity index (χ2v) is 9.41. The number of nitrogens with zero attached hydrogens (tertiary/aromatic N) is 6. The van der Waals surface area contributed by atoms with E-state index in [1.807, 2.05) is 32.6 Å². The maximum absolute atomic E-state index is 13.5. The van der Waals surface area contributed by atoms with E-state index in [1.165, 1.54) is 12.1 Å². The highest BCUT2D eigenvalue weighted by Gasteiger charge is 2.31. The lowest BCUT2D eigenvalue weighted by molar-refractivity contribution is -0.139. The molecule has 8 heteroatoms. The molecule has 170 valence electrons. The molecule has 1 aliphatic rings. The number of carbonyl (C=O) groups excluding carboxylic acids is 1. The molecule has 32 heavy (non-hydrogen) atoms. The predicted molar refractivity (Wildman–Crippen MR) is 124 cm³/mol. The fourth-order valence-electron chi connectivity index (χ4n) is 4.13. The Hall–Kier alpha value is -3.03. The summed E-state index contributed by atoms with van der Waals surface area (Å²) >= 11 is 0. The minimum atomic E-state index is -0.383. The van der Waals surface area contributed by atoms with Crippen molar-refractivity contribution in [2.75, 3.05) is 31.1 Å². The number of rotatable bonds is 4. The van der Waals surface area contributed by atoms with Crippen LogP contribution in [0, 0.1) is 18.2 Å². The van der Waals surface area contributed by atoms with Gasteiger partial charge in [0.2, 0.25) is 5.91 Å². The van der Waals surface area contributed by atoms with Gasteiger partial charge in [0.15, 0.2) is 5.65 Å². The average molecular weight is 439 g/mol. The van der Waals surface area contributed by atoms with Crippen LogP contribution in [0.1, 0.15) is 45.6 Å². The number of hydrogen-bond donors (Lipinski definition) is 0. The third kappa shape index (κ3) is 4.18. The van der Waals surface area contributed by atoms with Gasteiger partial charge >= 0.3 is 0 Å². The summed E-state index contributed by atoms with van der Waals surface area (Å²) in [6, 6.07) is 6.27. The van der Waals surface area contributed by atoms with Crippen molar-refractivity contribution < 1.29 is 9.18 Å². The number of aryl methyl sites for hydroxylation is 2. The molecule has 0 bridgehead atoms. The normalized spacial score (nSPS) is 14.9.